The smallest absolute Gasteiger partial charge is 0.262 e. The lowest BCUT2D eigenvalue weighted by molar-refractivity contribution is -0.118. The number of aryl methyl sites for hydroxylation is 2. The van der Waals surface area contributed by atoms with E-state index in [2.05, 4.69) is 32.0 Å². The number of aromatic nitrogens is 4. The van der Waals surface area contributed by atoms with Crippen LogP contribution in [0.15, 0.2) is 42.5 Å². The van der Waals surface area contributed by atoms with Gasteiger partial charge in [0.25, 0.3) is 5.91 Å². The molecule has 2 aromatic carbocycles. The van der Waals surface area contributed by atoms with Crippen molar-refractivity contribution in [3.05, 3.63) is 53.6 Å². The Labute approximate surface area is 144 Å². The molecule has 0 spiro atoms. The second-order valence-corrected chi connectivity index (χ2v) is 5.93. The maximum atomic E-state index is 12.1. The first kappa shape index (κ1) is 15.3. The standard InChI is InChI=1S/C18H17N5O2/c24-17(11-25-16-9-6-12-2-1-3-14(12)10-16)19-15-7-4-13(5-8-15)18-20-22-23-21-18/h4-10H,1-3,11H2,(H,19,24)(H,20,21,22,23). The van der Waals surface area contributed by atoms with Crippen LogP contribution in [0.3, 0.4) is 0 Å². The van der Waals surface area contributed by atoms with Crippen molar-refractivity contribution >= 4 is 11.6 Å². The van der Waals surface area contributed by atoms with Gasteiger partial charge in [0.2, 0.25) is 5.82 Å². The van der Waals surface area contributed by atoms with Crippen LogP contribution in [0.2, 0.25) is 0 Å². The molecular formula is C18H17N5O2. The number of carbonyl (C=O) groups is 1. The fraction of sp³-hybridized carbons (Fsp3) is 0.222. The van der Waals surface area contributed by atoms with Gasteiger partial charge in [0.1, 0.15) is 5.75 Å². The summed E-state index contributed by atoms with van der Waals surface area (Å²) >= 11 is 0. The van der Waals surface area contributed by atoms with Gasteiger partial charge in [-0.3, -0.25) is 4.79 Å². The molecule has 126 valence electrons. The van der Waals surface area contributed by atoms with E-state index in [-0.39, 0.29) is 12.5 Å². The number of ether oxygens (including phenoxy) is 1. The average Bonchev–Trinajstić information content (AvgIpc) is 3.32. The van der Waals surface area contributed by atoms with E-state index in [0.29, 0.717) is 11.5 Å². The summed E-state index contributed by atoms with van der Waals surface area (Å²) < 4.78 is 5.60. The Balaban J connectivity index is 1.33. The number of carbonyl (C=O) groups excluding carboxylic acids is 1. The Bertz CT molecular complexity index is 875. The van der Waals surface area contributed by atoms with Crippen LogP contribution >= 0.6 is 0 Å². The molecule has 1 heterocycles. The second kappa shape index (κ2) is 6.72. The van der Waals surface area contributed by atoms with Crippen molar-refractivity contribution in [1.29, 1.82) is 0 Å². The van der Waals surface area contributed by atoms with Gasteiger partial charge in [0.15, 0.2) is 6.61 Å². The molecule has 0 saturated carbocycles. The maximum Gasteiger partial charge on any atom is 0.262 e. The number of hydrogen-bond acceptors (Lipinski definition) is 5. The third kappa shape index (κ3) is 3.50. The number of tetrazole rings is 1. The first-order chi connectivity index (χ1) is 12.3. The van der Waals surface area contributed by atoms with E-state index < -0.39 is 0 Å². The molecule has 3 aromatic rings. The number of amides is 1. The number of hydrogen-bond donors (Lipinski definition) is 2. The number of rotatable bonds is 5. The van der Waals surface area contributed by atoms with Crippen LogP contribution in [-0.4, -0.2) is 33.1 Å². The first-order valence-electron chi connectivity index (χ1n) is 8.16. The van der Waals surface area contributed by atoms with Crippen LogP contribution < -0.4 is 10.1 Å². The fourth-order valence-corrected chi connectivity index (χ4v) is 2.97. The van der Waals surface area contributed by atoms with E-state index in [1.807, 2.05) is 24.3 Å². The molecule has 0 aliphatic heterocycles. The van der Waals surface area contributed by atoms with Gasteiger partial charge in [0.05, 0.1) is 0 Å². The molecule has 0 fully saturated rings. The normalized spacial score (nSPS) is 12.6. The molecule has 1 aliphatic carbocycles. The van der Waals surface area contributed by atoms with Gasteiger partial charge in [-0.05, 0) is 72.0 Å². The molecule has 2 N–H and O–H groups in total. The minimum Gasteiger partial charge on any atom is -0.484 e. The zero-order valence-corrected chi connectivity index (χ0v) is 13.5. The predicted molar refractivity (Wildman–Crippen MR) is 92.2 cm³/mol. The highest BCUT2D eigenvalue weighted by Crippen LogP contribution is 2.26. The lowest BCUT2D eigenvalue weighted by Crippen LogP contribution is -2.20. The molecule has 1 aliphatic rings. The van der Waals surface area contributed by atoms with E-state index in [9.17, 15) is 4.79 Å². The van der Waals surface area contributed by atoms with E-state index in [1.165, 1.54) is 17.5 Å². The quantitative estimate of drug-likeness (QED) is 0.747. The van der Waals surface area contributed by atoms with E-state index >= 15 is 0 Å². The summed E-state index contributed by atoms with van der Waals surface area (Å²) in [7, 11) is 0. The van der Waals surface area contributed by atoms with Gasteiger partial charge in [-0.2, -0.15) is 5.21 Å². The van der Waals surface area contributed by atoms with Gasteiger partial charge in [-0.1, -0.05) is 6.07 Å². The molecule has 1 amide bonds. The topological polar surface area (TPSA) is 92.8 Å². The second-order valence-electron chi connectivity index (χ2n) is 5.93. The van der Waals surface area contributed by atoms with Crippen molar-refractivity contribution in [2.45, 2.75) is 19.3 Å². The van der Waals surface area contributed by atoms with Crippen LogP contribution in [0.1, 0.15) is 17.5 Å². The fourth-order valence-electron chi connectivity index (χ4n) is 2.97. The SMILES string of the molecule is O=C(COc1ccc2c(c1)CCC2)Nc1ccc(-c2nn[nH]n2)cc1. The molecule has 0 bridgehead atoms. The Morgan fingerprint density at radius 3 is 2.76 bits per heavy atom. The molecule has 7 nitrogen and oxygen atoms in total. The van der Waals surface area contributed by atoms with Crippen molar-refractivity contribution in [3.63, 3.8) is 0 Å². The highest BCUT2D eigenvalue weighted by molar-refractivity contribution is 5.92. The Morgan fingerprint density at radius 2 is 1.96 bits per heavy atom. The van der Waals surface area contributed by atoms with Crippen LogP contribution in [0.25, 0.3) is 11.4 Å². The zero-order chi connectivity index (χ0) is 17.1. The van der Waals surface area contributed by atoms with Crippen molar-refractivity contribution < 1.29 is 9.53 Å². The summed E-state index contributed by atoms with van der Waals surface area (Å²) in [5.74, 6) is 1.05. The van der Waals surface area contributed by atoms with Crippen LogP contribution in [-0.2, 0) is 17.6 Å². The summed E-state index contributed by atoms with van der Waals surface area (Å²) in [6.07, 6.45) is 3.42. The van der Waals surface area contributed by atoms with Gasteiger partial charge in [-0.15, -0.1) is 10.2 Å². The van der Waals surface area contributed by atoms with Crippen LogP contribution in [0.4, 0.5) is 5.69 Å². The monoisotopic (exact) mass is 335 g/mol. The molecular weight excluding hydrogens is 318 g/mol. The Morgan fingerprint density at radius 1 is 1.12 bits per heavy atom. The summed E-state index contributed by atoms with van der Waals surface area (Å²) in [6, 6.07) is 13.3. The number of anilines is 1. The number of fused-ring (bicyclic) bond motifs is 1. The average molecular weight is 335 g/mol. The van der Waals surface area contributed by atoms with Crippen molar-refractivity contribution in [2.75, 3.05) is 11.9 Å². The number of aromatic amines is 1. The summed E-state index contributed by atoms with van der Waals surface area (Å²) in [5.41, 5.74) is 4.23. The van der Waals surface area contributed by atoms with E-state index in [4.69, 9.17) is 4.74 Å². The number of nitrogens with one attached hydrogen (secondary N) is 2. The molecule has 25 heavy (non-hydrogen) atoms. The lowest BCUT2D eigenvalue weighted by atomic mass is 10.1. The molecule has 0 atom stereocenters. The minimum atomic E-state index is -0.201. The third-order valence-corrected chi connectivity index (χ3v) is 4.21. The molecule has 0 radical (unpaired) electrons. The third-order valence-electron chi connectivity index (χ3n) is 4.21. The van der Waals surface area contributed by atoms with Crippen molar-refractivity contribution in [1.82, 2.24) is 20.6 Å². The van der Waals surface area contributed by atoms with Crippen molar-refractivity contribution in [3.8, 4) is 17.1 Å². The molecule has 0 unspecified atom stereocenters. The molecule has 0 saturated heterocycles. The van der Waals surface area contributed by atoms with Gasteiger partial charge in [-0.25, -0.2) is 0 Å². The predicted octanol–water partition coefficient (Wildman–Crippen LogP) is 2.37. The minimum absolute atomic E-state index is 0.0224. The highest BCUT2D eigenvalue weighted by Gasteiger charge is 2.12. The summed E-state index contributed by atoms with van der Waals surface area (Å²) in [6.45, 7) is -0.0224. The number of nitrogens with zero attached hydrogens (tertiary/aromatic N) is 3. The zero-order valence-electron chi connectivity index (χ0n) is 13.5. The van der Waals surface area contributed by atoms with Gasteiger partial charge in [0, 0.05) is 11.3 Å². The van der Waals surface area contributed by atoms with Crippen molar-refractivity contribution in [2.24, 2.45) is 0 Å². The largest absolute Gasteiger partial charge is 0.484 e. The highest BCUT2D eigenvalue weighted by atomic mass is 16.5. The number of H-pyrrole nitrogens is 1. The summed E-state index contributed by atoms with van der Waals surface area (Å²) in [4.78, 5) is 12.1. The number of benzene rings is 2. The lowest BCUT2D eigenvalue weighted by Gasteiger charge is -2.09. The van der Waals surface area contributed by atoms with E-state index in [0.717, 1.165) is 24.2 Å². The Hall–Kier alpha value is -3.22. The van der Waals surface area contributed by atoms with Gasteiger partial charge < -0.3 is 10.1 Å². The molecule has 1 aromatic heterocycles. The molecule has 7 heteroatoms. The van der Waals surface area contributed by atoms with Crippen LogP contribution in [0, 0.1) is 0 Å². The maximum absolute atomic E-state index is 12.1. The van der Waals surface area contributed by atoms with Gasteiger partial charge >= 0.3 is 0 Å². The summed E-state index contributed by atoms with van der Waals surface area (Å²) in [5, 5.41) is 16.6. The van der Waals surface area contributed by atoms with E-state index in [1.54, 1.807) is 12.1 Å². The van der Waals surface area contributed by atoms with Crippen LogP contribution in [0.5, 0.6) is 5.75 Å². The first-order valence-corrected chi connectivity index (χ1v) is 8.16. The molecule has 4 rings (SSSR count). The Kier molecular flexibility index (Phi) is 4.12.